The van der Waals surface area contributed by atoms with Gasteiger partial charge < -0.3 is 20.3 Å². The molecule has 2 aromatic heterocycles. The van der Waals surface area contributed by atoms with E-state index in [2.05, 4.69) is 37.0 Å². The molecule has 3 amide bonds. The van der Waals surface area contributed by atoms with Gasteiger partial charge in [0.2, 0.25) is 11.9 Å². The van der Waals surface area contributed by atoms with E-state index in [4.69, 9.17) is 11.6 Å². The van der Waals surface area contributed by atoms with Crippen molar-refractivity contribution in [3.8, 4) is 5.75 Å². The molecule has 2 aromatic carbocycles. The molecule has 1 aliphatic rings. The molecule has 5 rings (SSSR count). The number of aryl methyl sites for hydroxylation is 1. The topological polar surface area (TPSA) is 118 Å². The van der Waals surface area contributed by atoms with Crippen LogP contribution in [0.15, 0.2) is 73.6 Å². The minimum atomic E-state index is -5.03. The van der Waals surface area contributed by atoms with Crippen LogP contribution in [0.25, 0.3) is 0 Å². The summed E-state index contributed by atoms with van der Waals surface area (Å²) in [6, 6.07) is 12.2. The Morgan fingerprint density at radius 1 is 1.19 bits per heavy atom. The van der Waals surface area contributed by atoms with Crippen molar-refractivity contribution < 1.29 is 27.5 Å². The summed E-state index contributed by atoms with van der Waals surface area (Å²) in [5.74, 6) is -1.19. The van der Waals surface area contributed by atoms with Crippen LogP contribution in [0.2, 0.25) is 5.15 Å². The van der Waals surface area contributed by atoms with Gasteiger partial charge in [0.05, 0.1) is 23.6 Å². The van der Waals surface area contributed by atoms with Gasteiger partial charge in [-0.3, -0.25) is 9.48 Å². The number of carbonyl (C=O) groups is 2. The second kappa shape index (κ2) is 11.4. The Labute approximate surface area is 242 Å². The highest BCUT2D eigenvalue weighted by atomic mass is 35.5. The Morgan fingerprint density at radius 3 is 2.62 bits per heavy atom. The molecule has 4 aromatic rings. The van der Waals surface area contributed by atoms with Crippen molar-refractivity contribution in [1.29, 1.82) is 0 Å². The van der Waals surface area contributed by atoms with Crippen LogP contribution < -0.4 is 20.3 Å². The Bertz CT molecular complexity index is 1660. The highest BCUT2D eigenvalue weighted by Gasteiger charge is 2.36. The number of urea groups is 1. The zero-order valence-corrected chi connectivity index (χ0v) is 22.6. The molecule has 11 nitrogen and oxygen atoms in total. The van der Waals surface area contributed by atoms with E-state index in [0.717, 1.165) is 17.7 Å². The molecule has 1 aliphatic heterocycles. The maximum Gasteiger partial charge on any atom is 0.573 e. The largest absolute Gasteiger partial charge is 0.573 e. The first-order valence-corrected chi connectivity index (χ1v) is 12.7. The number of ether oxygens (including phenoxy) is 1. The summed E-state index contributed by atoms with van der Waals surface area (Å²) in [6.07, 6.45) is -0.990. The van der Waals surface area contributed by atoms with Crippen LogP contribution in [0.1, 0.15) is 11.1 Å². The summed E-state index contributed by atoms with van der Waals surface area (Å²) in [5, 5.41) is 9.48. The lowest BCUT2D eigenvalue weighted by Gasteiger charge is -2.36. The molecule has 0 atom stereocenters. The predicted octanol–water partition coefficient (Wildman–Crippen LogP) is 5.90. The lowest BCUT2D eigenvalue weighted by Crippen LogP contribution is -2.45. The lowest BCUT2D eigenvalue weighted by molar-refractivity contribution is -0.274. The number of nitrogens with one attached hydrogen (secondary N) is 2. The quantitative estimate of drug-likeness (QED) is 0.242. The first-order chi connectivity index (χ1) is 20.0. The molecule has 0 saturated heterocycles. The number of aromatic nitrogens is 4. The van der Waals surface area contributed by atoms with E-state index >= 15 is 0 Å². The van der Waals surface area contributed by atoms with E-state index < -0.39 is 24.1 Å². The number of anilines is 5. The van der Waals surface area contributed by atoms with E-state index in [9.17, 15) is 22.8 Å². The zero-order chi connectivity index (χ0) is 30.0. The summed E-state index contributed by atoms with van der Waals surface area (Å²) in [6.45, 7) is 3.72. The van der Waals surface area contributed by atoms with Crippen LogP contribution >= 0.6 is 11.6 Å². The van der Waals surface area contributed by atoms with E-state index in [1.54, 1.807) is 13.2 Å². The summed E-state index contributed by atoms with van der Waals surface area (Å²) in [5.41, 5.74) is 1.60. The molecular weight excluding hydrogens is 577 g/mol. The van der Waals surface area contributed by atoms with Crippen LogP contribution in [-0.4, -0.2) is 42.9 Å². The molecule has 0 spiro atoms. The Kier molecular flexibility index (Phi) is 7.72. The molecule has 3 heterocycles. The van der Waals surface area contributed by atoms with Crippen LogP contribution in [0.3, 0.4) is 0 Å². The Hall–Kier alpha value is -5.11. The minimum absolute atomic E-state index is 0.0927. The third-order valence-corrected chi connectivity index (χ3v) is 6.29. The SMILES string of the molecule is C=CC(=O)Nc1cc(N2C(=O)N(Cc3ccccc3)Cc3cnc(Nc4cn(C)nc4Cl)nc32)ccc1OC(F)(F)F. The highest BCUT2D eigenvalue weighted by molar-refractivity contribution is 6.32. The average Bonchev–Trinajstić information content (AvgIpc) is 3.26. The number of amides is 3. The van der Waals surface area contributed by atoms with Crippen LogP contribution in [0.5, 0.6) is 5.75 Å². The first-order valence-electron chi connectivity index (χ1n) is 12.3. The minimum Gasteiger partial charge on any atom is -0.404 e. The van der Waals surface area contributed by atoms with Crippen molar-refractivity contribution >= 4 is 52.4 Å². The number of benzene rings is 2. The van der Waals surface area contributed by atoms with Crippen molar-refractivity contribution in [1.82, 2.24) is 24.6 Å². The maximum absolute atomic E-state index is 13.9. The molecule has 0 aliphatic carbocycles. The average molecular weight is 599 g/mol. The monoisotopic (exact) mass is 598 g/mol. The van der Waals surface area contributed by atoms with Crippen molar-refractivity contribution in [2.45, 2.75) is 19.5 Å². The summed E-state index contributed by atoms with van der Waals surface area (Å²) in [4.78, 5) is 37.7. The van der Waals surface area contributed by atoms with Gasteiger partial charge in [-0.05, 0) is 29.8 Å². The van der Waals surface area contributed by atoms with E-state index in [-0.39, 0.29) is 41.4 Å². The zero-order valence-electron chi connectivity index (χ0n) is 21.9. The molecule has 0 unspecified atom stereocenters. The lowest BCUT2D eigenvalue weighted by atomic mass is 10.1. The van der Waals surface area contributed by atoms with Crippen molar-refractivity contribution in [2.24, 2.45) is 7.05 Å². The molecule has 0 radical (unpaired) electrons. The third-order valence-electron chi connectivity index (χ3n) is 6.01. The van der Waals surface area contributed by atoms with Gasteiger partial charge in [0, 0.05) is 31.5 Å². The molecule has 216 valence electrons. The molecule has 2 N–H and O–H groups in total. The first kappa shape index (κ1) is 28.4. The van der Waals surface area contributed by atoms with Crippen LogP contribution in [-0.2, 0) is 24.9 Å². The summed E-state index contributed by atoms with van der Waals surface area (Å²) in [7, 11) is 1.68. The maximum atomic E-state index is 13.9. The second-order valence-corrected chi connectivity index (χ2v) is 9.41. The third kappa shape index (κ3) is 6.28. The van der Waals surface area contributed by atoms with Crippen LogP contribution in [0.4, 0.5) is 46.8 Å². The van der Waals surface area contributed by atoms with Gasteiger partial charge in [-0.1, -0.05) is 48.5 Å². The standard InChI is InChI=1S/C27H22ClF3N8O3/c1-3-22(40)33-19-11-18(9-10-21(19)42-27(29,30)31)39-24-17(14-38(26(39)41)13-16-7-5-4-6-8-16)12-32-25(35-24)34-20-15-37(2)36-23(20)28/h3-12,15H,1,13-14H2,2H3,(H,33,40)(H,32,34,35). The fraction of sp³-hybridized carbons (Fsp3) is 0.148. The van der Waals surface area contributed by atoms with Crippen LogP contribution in [0, 0.1) is 0 Å². The normalized spacial score (nSPS) is 13.0. The molecule has 0 bridgehead atoms. The van der Waals surface area contributed by atoms with E-state index in [1.807, 2.05) is 30.3 Å². The van der Waals surface area contributed by atoms with Crippen molar-refractivity contribution in [3.05, 3.63) is 89.9 Å². The number of hydrogen-bond acceptors (Lipinski definition) is 7. The number of alkyl halides is 3. The molecule has 0 saturated carbocycles. The number of nitrogens with zero attached hydrogens (tertiary/aromatic N) is 6. The molecule has 0 fully saturated rings. The summed E-state index contributed by atoms with van der Waals surface area (Å²) < 4.78 is 44.9. The van der Waals surface area contributed by atoms with Gasteiger partial charge in [-0.25, -0.2) is 14.7 Å². The fourth-order valence-electron chi connectivity index (χ4n) is 4.25. The number of carbonyl (C=O) groups excluding carboxylic acids is 2. The molecular formula is C27H22ClF3N8O3. The predicted molar refractivity (Wildman–Crippen MR) is 149 cm³/mol. The van der Waals surface area contributed by atoms with Gasteiger partial charge >= 0.3 is 12.4 Å². The highest BCUT2D eigenvalue weighted by Crippen LogP contribution is 2.39. The molecule has 42 heavy (non-hydrogen) atoms. The van der Waals surface area contributed by atoms with Gasteiger partial charge in [0.1, 0.15) is 0 Å². The number of hydrogen-bond donors (Lipinski definition) is 2. The van der Waals surface area contributed by atoms with Crippen molar-refractivity contribution in [2.75, 3.05) is 15.5 Å². The fourth-order valence-corrected chi connectivity index (χ4v) is 4.46. The number of fused-ring (bicyclic) bond motifs is 1. The van der Waals surface area contributed by atoms with Crippen molar-refractivity contribution in [3.63, 3.8) is 0 Å². The Balaban J connectivity index is 1.59. The smallest absolute Gasteiger partial charge is 0.404 e. The van der Waals surface area contributed by atoms with Gasteiger partial charge in [-0.2, -0.15) is 10.1 Å². The van der Waals surface area contributed by atoms with Gasteiger partial charge in [0.25, 0.3) is 0 Å². The second-order valence-electron chi connectivity index (χ2n) is 9.06. The number of rotatable bonds is 8. The number of halogens is 4. The summed E-state index contributed by atoms with van der Waals surface area (Å²) >= 11 is 6.16. The van der Waals surface area contributed by atoms with Gasteiger partial charge in [-0.15, -0.1) is 13.2 Å². The molecule has 15 heteroatoms. The Morgan fingerprint density at radius 2 is 1.95 bits per heavy atom. The van der Waals surface area contributed by atoms with E-state index in [0.29, 0.717) is 11.3 Å². The van der Waals surface area contributed by atoms with E-state index in [1.165, 1.54) is 32.8 Å². The van der Waals surface area contributed by atoms with Gasteiger partial charge in [0.15, 0.2) is 16.7 Å².